The standard InChI is InChI=1S/C21H33N3O/c1-2-12-23-14-10-18(11-15-23)16-21(25)24-13-6-9-20(17-24)22-19-7-4-3-5-8-19/h3-5,7-8,18,20,22H,2,6,9-17H2,1H3/t20-/m0/s1. The molecule has 1 aromatic rings. The molecule has 0 radical (unpaired) electrons. The highest BCUT2D eigenvalue weighted by Crippen LogP contribution is 2.23. The summed E-state index contributed by atoms with van der Waals surface area (Å²) in [5, 5.41) is 3.59. The summed E-state index contributed by atoms with van der Waals surface area (Å²) < 4.78 is 0. The highest BCUT2D eigenvalue weighted by molar-refractivity contribution is 5.76. The van der Waals surface area contributed by atoms with E-state index in [4.69, 9.17) is 0 Å². The van der Waals surface area contributed by atoms with Gasteiger partial charge in [-0.15, -0.1) is 0 Å². The van der Waals surface area contributed by atoms with Gasteiger partial charge in [0.05, 0.1) is 0 Å². The highest BCUT2D eigenvalue weighted by atomic mass is 16.2. The van der Waals surface area contributed by atoms with Crippen LogP contribution in [0.2, 0.25) is 0 Å². The lowest BCUT2D eigenvalue weighted by Gasteiger charge is -2.36. The maximum Gasteiger partial charge on any atom is 0.222 e. The zero-order valence-electron chi connectivity index (χ0n) is 15.6. The molecule has 1 amide bonds. The monoisotopic (exact) mass is 343 g/mol. The topological polar surface area (TPSA) is 35.6 Å². The second-order valence-corrected chi connectivity index (χ2v) is 7.68. The van der Waals surface area contributed by atoms with E-state index < -0.39 is 0 Å². The van der Waals surface area contributed by atoms with Crippen LogP contribution in [0.1, 0.15) is 45.4 Å². The van der Waals surface area contributed by atoms with Gasteiger partial charge in [0.1, 0.15) is 0 Å². The van der Waals surface area contributed by atoms with E-state index in [0.29, 0.717) is 17.9 Å². The first-order valence-corrected chi connectivity index (χ1v) is 10.1. The van der Waals surface area contributed by atoms with Crippen LogP contribution >= 0.6 is 0 Å². The Bertz CT molecular complexity index is 525. The minimum atomic E-state index is 0.369. The third-order valence-electron chi connectivity index (χ3n) is 5.63. The minimum Gasteiger partial charge on any atom is -0.381 e. The van der Waals surface area contributed by atoms with Crippen molar-refractivity contribution in [3.05, 3.63) is 30.3 Å². The lowest BCUT2D eigenvalue weighted by atomic mass is 9.92. The summed E-state index contributed by atoms with van der Waals surface area (Å²) in [5.74, 6) is 0.955. The number of amides is 1. The van der Waals surface area contributed by atoms with Crippen LogP contribution in [0, 0.1) is 5.92 Å². The number of hydrogen-bond donors (Lipinski definition) is 1. The second-order valence-electron chi connectivity index (χ2n) is 7.68. The lowest BCUT2D eigenvalue weighted by molar-refractivity contribution is -0.133. The molecule has 2 aliphatic rings. The summed E-state index contributed by atoms with van der Waals surface area (Å²) in [4.78, 5) is 17.4. The molecule has 0 saturated carbocycles. The number of para-hydroxylation sites is 1. The fourth-order valence-corrected chi connectivity index (χ4v) is 4.20. The average Bonchev–Trinajstić information content (AvgIpc) is 2.65. The van der Waals surface area contributed by atoms with E-state index in [2.05, 4.69) is 46.3 Å². The normalized spacial score (nSPS) is 22.8. The summed E-state index contributed by atoms with van der Waals surface area (Å²) in [5.41, 5.74) is 1.16. The molecule has 0 aliphatic carbocycles. The van der Waals surface area contributed by atoms with E-state index in [1.165, 1.54) is 38.9 Å². The number of hydrogen-bond acceptors (Lipinski definition) is 3. The Morgan fingerprint density at radius 1 is 1.12 bits per heavy atom. The Kier molecular flexibility index (Phi) is 6.74. The van der Waals surface area contributed by atoms with Crippen molar-refractivity contribution >= 4 is 11.6 Å². The maximum absolute atomic E-state index is 12.8. The first-order chi connectivity index (χ1) is 12.2. The van der Waals surface area contributed by atoms with Crippen LogP contribution in [-0.2, 0) is 4.79 Å². The van der Waals surface area contributed by atoms with Crippen molar-refractivity contribution < 1.29 is 4.79 Å². The summed E-state index contributed by atoms with van der Waals surface area (Å²) >= 11 is 0. The molecule has 0 aromatic heterocycles. The van der Waals surface area contributed by atoms with E-state index in [1.54, 1.807) is 0 Å². The zero-order valence-corrected chi connectivity index (χ0v) is 15.6. The Morgan fingerprint density at radius 3 is 2.60 bits per heavy atom. The van der Waals surface area contributed by atoms with Crippen molar-refractivity contribution in [1.82, 2.24) is 9.80 Å². The van der Waals surface area contributed by atoms with E-state index in [-0.39, 0.29) is 0 Å². The fraction of sp³-hybridized carbons (Fsp3) is 0.667. The Morgan fingerprint density at radius 2 is 1.88 bits per heavy atom. The van der Waals surface area contributed by atoms with E-state index in [0.717, 1.165) is 38.0 Å². The van der Waals surface area contributed by atoms with Crippen molar-refractivity contribution in [3.8, 4) is 0 Å². The van der Waals surface area contributed by atoms with Crippen LogP contribution in [0.15, 0.2) is 30.3 Å². The summed E-state index contributed by atoms with van der Waals surface area (Å²) in [6.45, 7) is 7.57. The number of carbonyl (C=O) groups is 1. The van der Waals surface area contributed by atoms with Gasteiger partial charge in [-0.2, -0.15) is 0 Å². The van der Waals surface area contributed by atoms with E-state index in [1.807, 2.05) is 6.07 Å². The molecule has 2 aliphatic heterocycles. The quantitative estimate of drug-likeness (QED) is 0.857. The molecule has 4 nitrogen and oxygen atoms in total. The molecule has 0 spiro atoms. The molecule has 1 atom stereocenters. The molecule has 1 N–H and O–H groups in total. The van der Waals surface area contributed by atoms with Crippen LogP contribution in [0.25, 0.3) is 0 Å². The third-order valence-corrected chi connectivity index (χ3v) is 5.63. The predicted octanol–water partition coefficient (Wildman–Crippen LogP) is 3.60. The molecule has 2 heterocycles. The van der Waals surface area contributed by atoms with Crippen molar-refractivity contribution in [2.75, 3.05) is 38.0 Å². The number of benzene rings is 1. The average molecular weight is 344 g/mol. The van der Waals surface area contributed by atoms with Gasteiger partial charge >= 0.3 is 0 Å². The number of carbonyl (C=O) groups excluding carboxylic acids is 1. The van der Waals surface area contributed by atoms with Gasteiger partial charge in [-0.3, -0.25) is 4.79 Å². The van der Waals surface area contributed by atoms with Crippen LogP contribution in [-0.4, -0.2) is 54.5 Å². The molecule has 1 aromatic carbocycles. The number of nitrogens with zero attached hydrogens (tertiary/aromatic N) is 2. The summed E-state index contributed by atoms with van der Waals surface area (Å²) in [7, 11) is 0. The molecule has 0 bridgehead atoms. The highest BCUT2D eigenvalue weighted by Gasteiger charge is 2.27. The third kappa shape index (κ3) is 5.46. The van der Waals surface area contributed by atoms with Crippen molar-refractivity contribution in [1.29, 1.82) is 0 Å². The van der Waals surface area contributed by atoms with Gasteiger partial charge in [0.25, 0.3) is 0 Å². The van der Waals surface area contributed by atoms with Crippen molar-refractivity contribution in [2.45, 2.75) is 51.5 Å². The molecular weight excluding hydrogens is 310 g/mol. The van der Waals surface area contributed by atoms with Gasteiger partial charge in [0.2, 0.25) is 5.91 Å². The van der Waals surface area contributed by atoms with Gasteiger partial charge < -0.3 is 15.1 Å². The Labute approximate surface area is 152 Å². The van der Waals surface area contributed by atoms with E-state index in [9.17, 15) is 4.79 Å². The molecule has 138 valence electrons. The van der Waals surface area contributed by atoms with Gasteiger partial charge in [-0.05, 0) is 69.8 Å². The Hall–Kier alpha value is -1.55. The predicted molar refractivity (Wildman–Crippen MR) is 104 cm³/mol. The molecular formula is C21H33N3O. The molecule has 4 heteroatoms. The van der Waals surface area contributed by atoms with Crippen molar-refractivity contribution in [3.63, 3.8) is 0 Å². The summed E-state index contributed by atoms with van der Waals surface area (Å²) in [6, 6.07) is 10.7. The zero-order chi connectivity index (χ0) is 17.5. The maximum atomic E-state index is 12.8. The minimum absolute atomic E-state index is 0.369. The number of rotatable bonds is 6. The number of nitrogens with one attached hydrogen (secondary N) is 1. The van der Waals surface area contributed by atoms with Gasteiger partial charge in [-0.1, -0.05) is 25.1 Å². The van der Waals surface area contributed by atoms with Gasteiger partial charge in [0.15, 0.2) is 0 Å². The van der Waals surface area contributed by atoms with Crippen LogP contribution < -0.4 is 5.32 Å². The Balaban J connectivity index is 1.44. The van der Waals surface area contributed by atoms with Gasteiger partial charge in [-0.25, -0.2) is 0 Å². The second kappa shape index (κ2) is 9.23. The number of piperidine rings is 2. The van der Waals surface area contributed by atoms with Crippen LogP contribution in [0.4, 0.5) is 5.69 Å². The lowest BCUT2D eigenvalue weighted by Crippen LogP contribution is -2.46. The smallest absolute Gasteiger partial charge is 0.222 e. The van der Waals surface area contributed by atoms with Gasteiger partial charge in [0, 0.05) is 31.2 Å². The summed E-state index contributed by atoms with van der Waals surface area (Å²) in [6.07, 6.45) is 6.60. The van der Waals surface area contributed by atoms with Crippen LogP contribution in [0.5, 0.6) is 0 Å². The number of anilines is 1. The first-order valence-electron chi connectivity index (χ1n) is 10.1. The molecule has 25 heavy (non-hydrogen) atoms. The molecule has 3 rings (SSSR count). The molecule has 2 saturated heterocycles. The molecule has 0 unspecified atom stereocenters. The first kappa shape index (κ1) is 18.2. The van der Waals surface area contributed by atoms with Crippen molar-refractivity contribution in [2.24, 2.45) is 5.92 Å². The fourth-order valence-electron chi connectivity index (χ4n) is 4.20. The van der Waals surface area contributed by atoms with E-state index >= 15 is 0 Å². The molecule has 2 fully saturated rings. The SMILES string of the molecule is CCCN1CCC(CC(=O)N2CCC[C@H](Nc3ccccc3)C2)CC1. The van der Waals surface area contributed by atoms with Crippen LogP contribution in [0.3, 0.4) is 0 Å². The number of likely N-dealkylation sites (tertiary alicyclic amines) is 2. The largest absolute Gasteiger partial charge is 0.381 e.